The maximum absolute atomic E-state index is 11.4. The number of hydrogen-bond acceptors (Lipinski definition) is 4. The first kappa shape index (κ1) is 24.1. The number of carbonyl (C=O) groups excluding carboxylic acids is 1. The third kappa shape index (κ3) is 13.3. The van der Waals surface area contributed by atoms with Crippen molar-refractivity contribution >= 4 is 5.97 Å². The first-order valence-electron chi connectivity index (χ1n) is 10.3. The molecule has 0 aliphatic heterocycles. The highest BCUT2D eigenvalue weighted by atomic mass is 16.7. The molecule has 0 aromatic heterocycles. The van der Waals surface area contributed by atoms with Crippen LogP contribution >= 0.6 is 0 Å². The zero-order valence-corrected chi connectivity index (χ0v) is 17.6. The first-order chi connectivity index (χ1) is 13.6. The third-order valence-corrected chi connectivity index (χ3v) is 4.21. The van der Waals surface area contributed by atoms with E-state index in [-0.39, 0.29) is 12.1 Å². The predicted molar refractivity (Wildman–Crippen MR) is 114 cm³/mol. The SMILES string of the molecule is CCOC(=O)C[C@H](C)C/C=C/CC/C=C/C[C@@H](C)OCOCc1ccccc1. The molecule has 0 bridgehead atoms. The molecule has 2 atom stereocenters. The van der Waals surface area contributed by atoms with Gasteiger partial charge in [-0.05, 0) is 51.0 Å². The Bertz CT molecular complexity index is 565. The standard InChI is InChI=1S/C24H36O4/c1-4-27-24(25)18-21(2)14-10-7-5-6-8-11-15-22(3)28-20-26-19-23-16-12-9-13-17-23/h7-13,16-17,21-22H,4-6,14-15,18-20H2,1-3H3/b10-7+,11-8+/t21-,22-/m1/s1. The molecule has 4 heteroatoms. The van der Waals surface area contributed by atoms with Gasteiger partial charge in [-0.1, -0.05) is 61.6 Å². The van der Waals surface area contributed by atoms with Crippen LogP contribution in [-0.4, -0.2) is 25.5 Å². The zero-order chi connectivity index (χ0) is 20.5. The van der Waals surface area contributed by atoms with E-state index in [1.807, 2.05) is 37.3 Å². The Labute approximate surface area is 170 Å². The monoisotopic (exact) mass is 388 g/mol. The van der Waals surface area contributed by atoms with E-state index in [1.165, 1.54) is 0 Å². The van der Waals surface area contributed by atoms with Gasteiger partial charge in [0.1, 0.15) is 6.79 Å². The van der Waals surface area contributed by atoms with Crippen molar-refractivity contribution in [3.8, 4) is 0 Å². The average molecular weight is 389 g/mol. The lowest BCUT2D eigenvalue weighted by Gasteiger charge is -2.11. The number of allylic oxidation sites excluding steroid dienone is 3. The normalized spacial score (nSPS) is 13.8. The Balaban J connectivity index is 1.99. The molecule has 0 saturated carbocycles. The van der Waals surface area contributed by atoms with Gasteiger partial charge in [0.05, 0.1) is 19.3 Å². The Kier molecular flexibility index (Phi) is 13.9. The van der Waals surface area contributed by atoms with Gasteiger partial charge >= 0.3 is 5.97 Å². The summed E-state index contributed by atoms with van der Waals surface area (Å²) in [6.45, 7) is 7.32. The van der Waals surface area contributed by atoms with Crippen LogP contribution in [0.4, 0.5) is 0 Å². The Hall–Kier alpha value is -1.91. The summed E-state index contributed by atoms with van der Waals surface area (Å²) in [5, 5.41) is 0. The molecular weight excluding hydrogens is 352 g/mol. The summed E-state index contributed by atoms with van der Waals surface area (Å²) in [5.41, 5.74) is 1.15. The third-order valence-electron chi connectivity index (χ3n) is 4.21. The lowest BCUT2D eigenvalue weighted by atomic mass is 10.0. The van der Waals surface area contributed by atoms with E-state index >= 15 is 0 Å². The number of esters is 1. The molecule has 1 rings (SSSR count). The fourth-order valence-corrected chi connectivity index (χ4v) is 2.60. The molecule has 0 fully saturated rings. The molecule has 28 heavy (non-hydrogen) atoms. The van der Waals surface area contributed by atoms with Gasteiger partial charge in [0.15, 0.2) is 0 Å². The molecule has 4 nitrogen and oxygen atoms in total. The Morgan fingerprint density at radius 1 is 1.00 bits per heavy atom. The van der Waals surface area contributed by atoms with Crippen LogP contribution in [0.15, 0.2) is 54.6 Å². The van der Waals surface area contributed by atoms with Crippen molar-refractivity contribution in [1.29, 1.82) is 0 Å². The fraction of sp³-hybridized carbons (Fsp3) is 0.542. The van der Waals surface area contributed by atoms with Crippen molar-refractivity contribution in [3.63, 3.8) is 0 Å². The van der Waals surface area contributed by atoms with Crippen molar-refractivity contribution in [3.05, 3.63) is 60.2 Å². The lowest BCUT2D eigenvalue weighted by Crippen LogP contribution is -2.10. The smallest absolute Gasteiger partial charge is 0.306 e. The maximum Gasteiger partial charge on any atom is 0.306 e. The number of hydrogen-bond donors (Lipinski definition) is 0. The number of benzene rings is 1. The molecule has 0 aliphatic rings. The summed E-state index contributed by atoms with van der Waals surface area (Å²) < 4.78 is 16.2. The van der Waals surface area contributed by atoms with Gasteiger partial charge < -0.3 is 14.2 Å². The average Bonchev–Trinajstić information content (AvgIpc) is 2.68. The van der Waals surface area contributed by atoms with Gasteiger partial charge in [0.25, 0.3) is 0 Å². The van der Waals surface area contributed by atoms with E-state index in [2.05, 4.69) is 38.2 Å². The van der Waals surface area contributed by atoms with Crippen molar-refractivity contribution in [2.24, 2.45) is 5.92 Å². The molecule has 0 spiro atoms. The molecule has 1 aromatic carbocycles. The highest BCUT2D eigenvalue weighted by Gasteiger charge is 2.07. The van der Waals surface area contributed by atoms with Crippen LogP contribution in [0.2, 0.25) is 0 Å². The molecule has 156 valence electrons. The number of carbonyl (C=O) groups is 1. The van der Waals surface area contributed by atoms with E-state index in [9.17, 15) is 4.79 Å². The topological polar surface area (TPSA) is 44.8 Å². The van der Waals surface area contributed by atoms with Gasteiger partial charge in [-0.2, -0.15) is 0 Å². The summed E-state index contributed by atoms with van der Waals surface area (Å²) >= 11 is 0. The largest absolute Gasteiger partial charge is 0.466 e. The second kappa shape index (κ2) is 16.1. The van der Waals surface area contributed by atoms with Gasteiger partial charge in [0, 0.05) is 6.42 Å². The van der Waals surface area contributed by atoms with Gasteiger partial charge in [0.2, 0.25) is 0 Å². The number of unbranched alkanes of at least 4 members (excludes halogenated alkanes) is 1. The van der Waals surface area contributed by atoms with E-state index in [1.54, 1.807) is 0 Å². The molecule has 0 unspecified atom stereocenters. The van der Waals surface area contributed by atoms with Crippen LogP contribution in [0.1, 0.15) is 58.4 Å². The van der Waals surface area contributed by atoms with Crippen molar-refractivity contribution in [1.82, 2.24) is 0 Å². The number of ether oxygens (including phenoxy) is 3. The minimum Gasteiger partial charge on any atom is -0.466 e. The molecule has 0 radical (unpaired) electrons. The predicted octanol–water partition coefficient (Wildman–Crippen LogP) is 5.83. The second-order valence-corrected chi connectivity index (χ2v) is 7.04. The van der Waals surface area contributed by atoms with Crippen molar-refractivity contribution in [2.75, 3.05) is 13.4 Å². The van der Waals surface area contributed by atoms with Crippen molar-refractivity contribution in [2.45, 2.75) is 65.6 Å². The summed E-state index contributed by atoms with van der Waals surface area (Å²) in [6, 6.07) is 10.1. The summed E-state index contributed by atoms with van der Waals surface area (Å²) in [4.78, 5) is 11.4. The van der Waals surface area contributed by atoms with E-state index < -0.39 is 0 Å². The maximum atomic E-state index is 11.4. The van der Waals surface area contributed by atoms with Crippen LogP contribution in [0.5, 0.6) is 0 Å². The van der Waals surface area contributed by atoms with Crippen LogP contribution in [0.25, 0.3) is 0 Å². The van der Waals surface area contributed by atoms with Crippen LogP contribution in [0, 0.1) is 5.92 Å². The van der Waals surface area contributed by atoms with Crippen LogP contribution in [-0.2, 0) is 25.6 Å². The lowest BCUT2D eigenvalue weighted by molar-refractivity contribution is -0.144. The first-order valence-corrected chi connectivity index (χ1v) is 10.3. The number of rotatable bonds is 15. The highest BCUT2D eigenvalue weighted by Crippen LogP contribution is 2.10. The molecule has 0 N–H and O–H groups in total. The quantitative estimate of drug-likeness (QED) is 0.164. The highest BCUT2D eigenvalue weighted by molar-refractivity contribution is 5.69. The molecule has 0 saturated heterocycles. The minimum atomic E-state index is -0.104. The second-order valence-electron chi connectivity index (χ2n) is 7.04. The van der Waals surface area contributed by atoms with Gasteiger partial charge in [-0.3, -0.25) is 4.79 Å². The van der Waals surface area contributed by atoms with E-state index in [4.69, 9.17) is 14.2 Å². The molecule has 0 amide bonds. The van der Waals surface area contributed by atoms with Crippen LogP contribution in [0.3, 0.4) is 0 Å². The Morgan fingerprint density at radius 3 is 2.36 bits per heavy atom. The summed E-state index contributed by atoms with van der Waals surface area (Å²) in [7, 11) is 0. The van der Waals surface area contributed by atoms with E-state index in [0.717, 1.165) is 31.2 Å². The zero-order valence-electron chi connectivity index (χ0n) is 17.6. The summed E-state index contributed by atoms with van der Waals surface area (Å²) in [5.74, 6) is 0.223. The van der Waals surface area contributed by atoms with Crippen molar-refractivity contribution < 1.29 is 19.0 Å². The van der Waals surface area contributed by atoms with Crippen LogP contribution < -0.4 is 0 Å². The minimum absolute atomic E-state index is 0.104. The molecule has 0 aliphatic carbocycles. The molecule has 0 heterocycles. The Morgan fingerprint density at radius 2 is 1.68 bits per heavy atom. The van der Waals surface area contributed by atoms with Gasteiger partial charge in [-0.15, -0.1) is 0 Å². The van der Waals surface area contributed by atoms with E-state index in [0.29, 0.717) is 32.3 Å². The molecule has 1 aromatic rings. The summed E-state index contributed by atoms with van der Waals surface area (Å²) in [6.07, 6.45) is 13.2. The van der Waals surface area contributed by atoms with Gasteiger partial charge in [-0.25, -0.2) is 0 Å². The molecular formula is C24H36O4. The fourth-order valence-electron chi connectivity index (χ4n) is 2.60.